The summed E-state index contributed by atoms with van der Waals surface area (Å²) in [6.45, 7) is 4.60. The Balaban J connectivity index is 1.23. The van der Waals surface area contributed by atoms with Gasteiger partial charge in [0.1, 0.15) is 23.4 Å². The number of piperidine rings is 1. The van der Waals surface area contributed by atoms with E-state index in [1.54, 1.807) is 19.2 Å². The Hall–Kier alpha value is -3.26. The molecule has 2 aliphatic heterocycles. The summed E-state index contributed by atoms with van der Waals surface area (Å²) in [5, 5.41) is 0. The summed E-state index contributed by atoms with van der Waals surface area (Å²) >= 11 is 0. The van der Waals surface area contributed by atoms with Crippen molar-refractivity contribution in [2.24, 2.45) is 0 Å². The molecule has 0 unspecified atom stereocenters. The average molecular weight is 440 g/mol. The number of methoxy groups -OCH3 is 1. The van der Waals surface area contributed by atoms with E-state index >= 15 is 0 Å². The summed E-state index contributed by atoms with van der Waals surface area (Å²) < 4.78 is 41.4. The van der Waals surface area contributed by atoms with Gasteiger partial charge in [-0.25, -0.2) is 9.37 Å². The Morgan fingerprint density at radius 1 is 1.12 bits per heavy atom. The fraction of sp³-hybridized carbons (Fsp3) is 0.375. The molecule has 2 aliphatic rings. The second-order valence-electron chi connectivity index (χ2n) is 7.98. The van der Waals surface area contributed by atoms with Gasteiger partial charge in [-0.15, -0.1) is 0 Å². The van der Waals surface area contributed by atoms with Gasteiger partial charge in [0.05, 0.1) is 12.8 Å². The molecule has 1 fully saturated rings. The molecule has 0 saturated carbocycles. The van der Waals surface area contributed by atoms with Gasteiger partial charge < -0.3 is 23.4 Å². The highest BCUT2D eigenvalue weighted by atomic mass is 19.1. The fourth-order valence-corrected chi connectivity index (χ4v) is 4.05. The molecule has 32 heavy (non-hydrogen) atoms. The first-order valence-corrected chi connectivity index (χ1v) is 10.7. The minimum atomic E-state index is -0.256. The minimum Gasteiger partial charge on any atom is -0.493 e. The van der Waals surface area contributed by atoms with Crippen molar-refractivity contribution in [1.82, 2.24) is 9.88 Å². The van der Waals surface area contributed by atoms with Crippen molar-refractivity contribution in [2.45, 2.75) is 32.4 Å². The first-order chi connectivity index (χ1) is 15.6. The van der Waals surface area contributed by atoms with Crippen LogP contribution in [0.4, 0.5) is 4.39 Å². The number of ether oxygens (including phenoxy) is 4. The Bertz CT molecular complexity index is 1090. The molecule has 0 amide bonds. The molecule has 0 N–H and O–H groups in total. The van der Waals surface area contributed by atoms with Crippen molar-refractivity contribution in [1.29, 1.82) is 0 Å². The Morgan fingerprint density at radius 3 is 2.66 bits per heavy atom. The number of fused-ring (bicyclic) bond motifs is 1. The molecule has 0 bridgehead atoms. The Kier molecular flexibility index (Phi) is 5.61. The summed E-state index contributed by atoms with van der Waals surface area (Å²) in [4.78, 5) is 7.09. The van der Waals surface area contributed by atoms with Crippen LogP contribution in [0, 0.1) is 12.7 Å². The Labute approximate surface area is 185 Å². The van der Waals surface area contributed by atoms with Gasteiger partial charge in [-0.3, -0.25) is 4.90 Å². The van der Waals surface area contributed by atoms with Crippen LogP contribution in [0.1, 0.15) is 24.3 Å². The average Bonchev–Trinajstić information content (AvgIpc) is 3.42. The molecule has 0 atom stereocenters. The third-order valence-electron chi connectivity index (χ3n) is 5.82. The van der Waals surface area contributed by atoms with Gasteiger partial charge in [0.2, 0.25) is 18.4 Å². The van der Waals surface area contributed by atoms with Crippen LogP contribution in [0.25, 0.3) is 11.5 Å². The number of rotatable bonds is 6. The standard InChI is InChI=1S/C24H25FN2O5/c1-15-20(13-27-9-7-19(8-10-27)32-18-5-3-17(25)4-6-18)26-24(31-15)16-11-21(28-2)23-22(12-16)29-14-30-23/h3-6,11-12,19H,7-10,13-14H2,1-2H3. The van der Waals surface area contributed by atoms with Crippen LogP contribution < -0.4 is 18.9 Å². The van der Waals surface area contributed by atoms with E-state index in [1.807, 2.05) is 19.1 Å². The van der Waals surface area contributed by atoms with E-state index in [9.17, 15) is 4.39 Å². The molecule has 1 aromatic heterocycles. The largest absolute Gasteiger partial charge is 0.493 e. The maximum atomic E-state index is 13.1. The molecule has 168 valence electrons. The molecule has 3 aromatic rings. The van der Waals surface area contributed by atoms with Crippen molar-refractivity contribution < 1.29 is 27.8 Å². The quantitative estimate of drug-likeness (QED) is 0.556. The molecule has 0 spiro atoms. The second kappa shape index (κ2) is 8.70. The highest BCUT2D eigenvalue weighted by molar-refractivity contribution is 5.66. The van der Waals surface area contributed by atoms with Crippen molar-refractivity contribution in [3.63, 3.8) is 0 Å². The van der Waals surface area contributed by atoms with E-state index in [1.165, 1.54) is 12.1 Å². The van der Waals surface area contributed by atoms with E-state index in [-0.39, 0.29) is 18.7 Å². The van der Waals surface area contributed by atoms with Gasteiger partial charge in [0.15, 0.2) is 11.5 Å². The van der Waals surface area contributed by atoms with Gasteiger partial charge in [0, 0.05) is 25.2 Å². The smallest absolute Gasteiger partial charge is 0.231 e. The fourth-order valence-electron chi connectivity index (χ4n) is 4.05. The molecule has 8 heteroatoms. The van der Waals surface area contributed by atoms with Crippen LogP contribution in [0.15, 0.2) is 40.8 Å². The van der Waals surface area contributed by atoms with Crippen molar-refractivity contribution in [2.75, 3.05) is 27.0 Å². The van der Waals surface area contributed by atoms with Crippen LogP contribution in [0.3, 0.4) is 0 Å². The zero-order chi connectivity index (χ0) is 22.1. The highest BCUT2D eigenvalue weighted by Crippen LogP contribution is 2.44. The zero-order valence-electron chi connectivity index (χ0n) is 18.1. The van der Waals surface area contributed by atoms with E-state index in [0.717, 1.165) is 42.9 Å². The van der Waals surface area contributed by atoms with E-state index in [0.29, 0.717) is 35.4 Å². The lowest BCUT2D eigenvalue weighted by Gasteiger charge is -2.31. The topological polar surface area (TPSA) is 66.2 Å². The number of aromatic nitrogens is 1. The molecule has 5 rings (SSSR count). The van der Waals surface area contributed by atoms with Gasteiger partial charge in [-0.05, 0) is 56.2 Å². The third kappa shape index (κ3) is 4.23. The molecule has 1 saturated heterocycles. The van der Waals surface area contributed by atoms with Crippen molar-refractivity contribution >= 4 is 0 Å². The zero-order valence-corrected chi connectivity index (χ0v) is 18.1. The predicted octanol–water partition coefficient (Wildman–Crippen LogP) is 4.57. The lowest BCUT2D eigenvalue weighted by molar-refractivity contribution is 0.0959. The molecule has 3 heterocycles. The van der Waals surface area contributed by atoms with E-state index in [4.69, 9.17) is 28.3 Å². The van der Waals surface area contributed by atoms with Gasteiger partial charge in [-0.2, -0.15) is 0 Å². The number of hydrogen-bond acceptors (Lipinski definition) is 7. The SMILES string of the molecule is COc1cc(-c2nc(CN3CCC(Oc4ccc(F)cc4)CC3)c(C)o2)cc2c1OCO2. The Morgan fingerprint density at radius 2 is 1.91 bits per heavy atom. The van der Waals surface area contributed by atoms with Crippen LogP contribution in [0.5, 0.6) is 23.0 Å². The summed E-state index contributed by atoms with van der Waals surface area (Å²) in [5.41, 5.74) is 1.70. The second-order valence-corrected chi connectivity index (χ2v) is 7.98. The number of hydrogen-bond donors (Lipinski definition) is 0. The monoisotopic (exact) mass is 440 g/mol. The van der Waals surface area contributed by atoms with Gasteiger partial charge in [0.25, 0.3) is 0 Å². The first-order valence-electron chi connectivity index (χ1n) is 10.7. The normalized spacial score (nSPS) is 16.3. The molecule has 7 nitrogen and oxygen atoms in total. The molecular weight excluding hydrogens is 415 g/mol. The van der Waals surface area contributed by atoms with Crippen molar-refractivity contribution in [3.05, 3.63) is 53.7 Å². The van der Waals surface area contributed by atoms with E-state index in [2.05, 4.69) is 4.90 Å². The molecule has 0 aliphatic carbocycles. The summed E-state index contributed by atoms with van der Waals surface area (Å²) in [6.07, 6.45) is 1.94. The number of aryl methyl sites for hydroxylation is 1. The number of halogens is 1. The van der Waals surface area contributed by atoms with Crippen LogP contribution >= 0.6 is 0 Å². The summed E-state index contributed by atoms with van der Waals surface area (Å²) in [6, 6.07) is 9.90. The first kappa shape index (κ1) is 20.6. The minimum absolute atomic E-state index is 0.131. The third-order valence-corrected chi connectivity index (χ3v) is 5.82. The van der Waals surface area contributed by atoms with Crippen LogP contribution in [0.2, 0.25) is 0 Å². The number of nitrogens with zero attached hydrogens (tertiary/aromatic N) is 2. The van der Waals surface area contributed by atoms with Crippen LogP contribution in [-0.4, -0.2) is 43.0 Å². The summed E-state index contributed by atoms with van der Waals surface area (Å²) in [5.74, 6) is 3.60. The predicted molar refractivity (Wildman–Crippen MR) is 115 cm³/mol. The van der Waals surface area contributed by atoms with E-state index < -0.39 is 0 Å². The maximum Gasteiger partial charge on any atom is 0.231 e. The van der Waals surface area contributed by atoms with Gasteiger partial charge >= 0.3 is 0 Å². The van der Waals surface area contributed by atoms with Gasteiger partial charge in [-0.1, -0.05) is 0 Å². The molecule has 2 aromatic carbocycles. The lowest BCUT2D eigenvalue weighted by atomic mass is 10.1. The molecular formula is C24H25FN2O5. The highest BCUT2D eigenvalue weighted by Gasteiger charge is 2.25. The number of oxazole rings is 1. The maximum absolute atomic E-state index is 13.1. The molecule has 0 radical (unpaired) electrons. The summed E-state index contributed by atoms with van der Waals surface area (Å²) in [7, 11) is 1.59. The van der Waals surface area contributed by atoms with Crippen molar-refractivity contribution in [3.8, 4) is 34.5 Å². The number of benzene rings is 2. The van der Waals surface area contributed by atoms with Crippen LogP contribution in [-0.2, 0) is 6.54 Å². The number of likely N-dealkylation sites (tertiary alicyclic amines) is 1. The lowest BCUT2D eigenvalue weighted by Crippen LogP contribution is -2.38.